The molecule has 0 bridgehead atoms. The van der Waals surface area contributed by atoms with Gasteiger partial charge in [0.2, 0.25) is 0 Å². The summed E-state index contributed by atoms with van der Waals surface area (Å²) in [6, 6.07) is 0. The van der Waals surface area contributed by atoms with Crippen LogP contribution in [0, 0.1) is 5.92 Å². The third kappa shape index (κ3) is 1.68. The van der Waals surface area contributed by atoms with Gasteiger partial charge in [-0.15, -0.1) is 6.58 Å². The highest BCUT2D eigenvalue weighted by Gasteiger charge is 2.13. The number of aliphatic hydroxyl groups excluding tert-OH is 1. The van der Waals surface area contributed by atoms with E-state index in [1.165, 1.54) is 0 Å². The quantitative estimate of drug-likeness (QED) is 0.553. The lowest BCUT2D eigenvalue weighted by Crippen LogP contribution is -2.00. The highest BCUT2D eigenvalue weighted by molar-refractivity contribution is 5.03. The monoisotopic (exact) mass is 124 g/mol. The summed E-state index contributed by atoms with van der Waals surface area (Å²) < 4.78 is 0. The van der Waals surface area contributed by atoms with Gasteiger partial charge in [0.05, 0.1) is 6.10 Å². The fourth-order valence-electron chi connectivity index (χ4n) is 1.14. The molecule has 1 aliphatic carbocycles. The first-order valence-electron chi connectivity index (χ1n) is 3.30. The van der Waals surface area contributed by atoms with Crippen molar-refractivity contribution in [2.75, 3.05) is 0 Å². The van der Waals surface area contributed by atoms with E-state index in [1.807, 2.05) is 12.2 Å². The normalized spacial score (nSPS) is 33.0. The zero-order valence-electron chi connectivity index (χ0n) is 5.46. The Labute approximate surface area is 55.7 Å². The summed E-state index contributed by atoms with van der Waals surface area (Å²) in [5.74, 6) is 0.539. The van der Waals surface area contributed by atoms with Gasteiger partial charge in [0.25, 0.3) is 0 Å². The molecule has 0 spiro atoms. The molecule has 2 atom stereocenters. The van der Waals surface area contributed by atoms with Crippen molar-refractivity contribution in [3.8, 4) is 0 Å². The molecule has 0 amide bonds. The van der Waals surface area contributed by atoms with Gasteiger partial charge in [-0.25, -0.2) is 0 Å². The number of hydrogen-bond acceptors (Lipinski definition) is 1. The summed E-state index contributed by atoms with van der Waals surface area (Å²) >= 11 is 0. The molecule has 1 nitrogen and oxygen atoms in total. The van der Waals surface area contributed by atoms with E-state index in [-0.39, 0.29) is 6.10 Å². The summed E-state index contributed by atoms with van der Waals surface area (Å²) in [4.78, 5) is 0. The molecule has 0 saturated heterocycles. The fraction of sp³-hybridized carbons (Fsp3) is 0.500. The topological polar surface area (TPSA) is 20.2 Å². The Hall–Kier alpha value is -0.560. The summed E-state index contributed by atoms with van der Waals surface area (Å²) in [6.45, 7) is 3.63. The largest absolute Gasteiger partial charge is 0.389 e. The van der Waals surface area contributed by atoms with Crippen LogP contribution in [0.5, 0.6) is 0 Å². The molecule has 0 aromatic rings. The second kappa shape index (κ2) is 2.83. The van der Waals surface area contributed by atoms with E-state index in [2.05, 4.69) is 12.7 Å². The summed E-state index contributed by atoms with van der Waals surface area (Å²) in [7, 11) is 0. The molecule has 0 heterocycles. The van der Waals surface area contributed by atoms with Crippen molar-refractivity contribution in [3.05, 3.63) is 24.8 Å². The van der Waals surface area contributed by atoms with Gasteiger partial charge in [0, 0.05) is 0 Å². The lowest BCUT2D eigenvalue weighted by atomic mass is 10.1. The van der Waals surface area contributed by atoms with Crippen LogP contribution in [-0.2, 0) is 0 Å². The first-order chi connectivity index (χ1) is 4.33. The third-order valence-electron chi connectivity index (χ3n) is 1.62. The van der Waals surface area contributed by atoms with E-state index in [0.717, 1.165) is 12.8 Å². The van der Waals surface area contributed by atoms with Crippen LogP contribution >= 0.6 is 0 Å². The second-order valence-electron chi connectivity index (χ2n) is 2.47. The molecule has 1 N–H and O–H groups in total. The average Bonchev–Trinajstić information content (AvgIpc) is 2.17. The predicted octanol–water partition coefficient (Wildman–Crippen LogP) is 1.50. The third-order valence-corrected chi connectivity index (χ3v) is 1.62. The van der Waals surface area contributed by atoms with Crippen molar-refractivity contribution in [2.24, 2.45) is 5.92 Å². The fourth-order valence-corrected chi connectivity index (χ4v) is 1.14. The van der Waals surface area contributed by atoms with Crippen LogP contribution in [0.1, 0.15) is 12.8 Å². The van der Waals surface area contributed by atoms with Gasteiger partial charge >= 0.3 is 0 Å². The molecule has 0 aromatic heterocycles. The van der Waals surface area contributed by atoms with Crippen LogP contribution in [0.3, 0.4) is 0 Å². The van der Waals surface area contributed by atoms with E-state index in [1.54, 1.807) is 0 Å². The van der Waals surface area contributed by atoms with Crippen LogP contribution in [0.15, 0.2) is 24.8 Å². The molecule has 1 rings (SSSR count). The van der Waals surface area contributed by atoms with Gasteiger partial charge in [0.15, 0.2) is 0 Å². The SMILES string of the molecule is C=CCC1C=CC(O)C1. The molecule has 9 heavy (non-hydrogen) atoms. The minimum Gasteiger partial charge on any atom is -0.389 e. The highest BCUT2D eigenvalue weighted by atomic mass is 16.3. The first-order valence-corrected chi connectivity index (χ1v) is 3.30. The van der Waals surface area contributed by atoms with Crippen LogP contribution < -0.4 is 0 Å². The molecular weight excluding hydrogens is 112 g/mol. The Kier molecular flexibility index (Phi) is 2.06. The zero-order chi connectivity index (χ0) is 6.69. The first kappa shape index (κ1) is 6.56. The summed E-state index contributed by atoms with van der Waals surface area (Å²) in [5, 5.41) is 9.01. The van der Waals surface area contributed by atoms with Crippen LogP contribution in [-0.4, -0.2) is 11.2 Å². The number of hydrogen-bond donors (Lipinski definition) is 1. The number of rotatable bonds is 2. The zero-order valence-corrected chi connectivity index (χ0v) is 5.46. The molecule has 0 fully saturated rings. The highest BCUT2D eigenvalue weighted by Crippen LogP contribution is 2.20. The molecular formula is C8H12O. The predicted molar refractivity (Wildman–Crippen MR) is 38.1 cm³/mol. The lowest BCUT2D eigenvalue weighted by Gasteiger charge is -2.02. The van der Waals surface area contributed by atoms with Crippen molar-refractivity contribution in [3.63, 3.8) is 0 Å². The van der Waals surface area contributed by atoms with E-state index < -0.39 is 0 Å². The maximum Gasteiger partial charge on any atom is 0.0726 e. The molecule has 0 aliphatic heterocycles. The van der Waals surface area contributed by atoms with Crippen molar-refractivity contribution in [2.45, 2.75) is 18.9 Å². The molecule has 0 aromatic carbocycles. The van der Waals surface area contributed by atoms with Crippen LogP contribution in [0.4, 0.5) is 0 Å². The Morgan fingerprint density at radius 3 is 2.89 bits per heavy atom. The lowest BCUT2D eigenvalue weighted by molar-refractivity contribution is 0.210. The Morgan fingerprint density at radius 1 is 1.67 bits per heavy atom. The molecule has 0 saturated carbocycles. The number of aliphatic hydroxyl groups is 1. The summed E-state index contributed by atoms with van der Waals surface area (Å²) in [5.41, 5.74) is 0. The Balaban J connectivity index is 2.31. The Morgan fingerprint density at radius 2 is 2.44 bits per heavy atom. The smallest absolute Gasteiger partial charge is 0.0726 e. The molecule has 50 valence electrons. The van der Waals surface area contributed by atoms with Crippen molar-refractivity contribution < 1.29 is 5.11 Å². The minimum atomic E-state index is -0.199. The van der Waals surface area contributed by atoms with Gasteiger partial charge in [-0.3, -0.25) is 0 Å². The number of allylic oxidation sites excluding steroid dienone is 2. The maximum atomic E-state index is 9.01. The molecule has 1 aliphatic rings. The van der Waals surface area contributed by atoms with E-state index in [9.17, 15) is 0 Å². The van der Waals surface area contributed by atoms with Gasteiger partial charge in [0.1, 0.15) is 0 Å². The summed E-state index contributed by atoms with van der Waals surface area (Å²) in [6.07, 6.45) is 7.49. The Bertz CT molecular complexity index is 127. The van der Waals surface area contributed by atoms with Crippen LogP contribution in [0.2, 0.25) is 0 Å². The van der Waals surface area contributed by atoms with Gasteiger partial charge < -0.3 is 5.11 Å². The maximum absolute atomic E-state index is 9.01. The van der Waals surface area contributed by atoms with E-state index in [4.69, 9.17) is 5.11 Å². The molecule has 2 unspecified atom stereocenters. The second-order valence-corrected chi connectivity index (χ2v) is 2.47. The van der Waals surface area contributed by atoms with E-state index >= 15 is 0 Å². The van der Waals surface area contributed by atoms with Crippen LogP contribution in [0.25, 0.3) is 0 Å². The minimum absolute atomic E-state index is 0.199. The molecule has 0 radical (unpaired) electrons. The van der Waals surface area contributed by atoms with Gasteiger partial charge in [-0.2, -0.15) is 0 Å². The van der Waals surface area contributed by atoms with Gasteiger partial charge in [-0.05, 0) is 18.8 Å². The molecule has 1 heteroatoms. The van der Waals surface area contributed by atoms with Crippen molar-refractivity contribution in [1.82, 2.24) is 0 Å². The van der Waals surface area contributed by atoms with Crippen molar-refractivity contribution >= 4 is 0 Å². The average molecular weight is 124 g/mol. The standard InChI is InChI=1S/C8H12O/c1-2-3-7-4-5-8(9)6-7/h2,4-5,7-9H,1,3,6H2. The van der Waals surface area contributed by atoms with E-state index in [0.29, 0.717) is 5.92 Å². The van der Waals surface area contributed by atoms with Crippen molar-refractivity contribution in [1.29, 1.82) is 0 Å². The van der Waals surface area contributed by atoms with Gasteiger partial charge in [-0.1, -0.05) is 18.2 Å².